The number of carboxylic acid groups (broad SMARTS) is 1. The third kappa shape index (κ3) is 4.16. The van der Waals surface area contributed by atoms with Crippen molar-refractivity contribution in [3.05, 3.63) is 0 Å². The number of ether oxygens (including phenoxy) is 1. The zero-order chi connectivity index (χ0) is 12.3. The van der Waals surface area contributed by atoms with Gasteiger partial charge < -0.3 is 14.7 Å². The Balaban J connectivity index is 1.61. The second-order valence-electron chi connectivity index (χ2n) is 5.16. The molecule has 1 saturated carbocycles. The van der Waals surface area contributed by atoms with Crippen LogP contribution in [0.15, 0.2) is 0 Å². The molecule has 2 aliphatic rings. The summed E-state index contributed by atoms with van der Waals surface area (Å²) in [6, 6.07) is 0. The summed E-state index contributed by atoms with van der Waals surface area (Å²) in [5.74, 6) is 0.807. The maximum atomic E-state index is 10.8. The predicted octanol–water partition coefficient (Wildman–Crippen LogP) is 1.10. The Morgan fingerprint density at radius 1 is 1.35 bits per heavy atom. The first-order chi connectivity index (χ1) is 8.15. The zero-order valence-corrected chi connectivity index (χ0v) is 10.5. The van der Waals surface area contributed by atoms with E-state index in [1.807, 2.05) is 0 Å². The quantitative estimate of drug-likeness (QED) is 0.784. The van der Waals surface area contributed by atoms with Crippen LogP contribution >= 0.6 is 0 Å². The number of hydrogen-bond donors (Lipinski definition) is 1. The molecule has 2 rings (SSSR count). The fourth-order valence-electron chi connectivity index (χ4n) is 2.12. The van der Waals surface area contributed by atoms with Gasteiger partial charge >= 0.3 is 6.09 Å². The Labute approximate surface area is 102 Å². The van der Waals surface area contributed by atoms with E-state index in [9.17, 15) is 4.79 Å². The summed E-state index contributed by atoms with van der Waals surface area (Å²) >= 11 is 0. The van der Waals surface area contributed by atoms with E-state index < -0.39 is 6.09 Å². The highest BCUT2D eigenvalue weighted by Gasteiger charge is 2.24. The molecule has 17 heavy (non-hydrogen) atoms. The summed E-state index contributed by atoms with van der Waals surface area (Å²) in [4.78, 5) is 14.5. The number of carbonyl (C=O) groups is 1. The summed E-state index contributed by atoms with van der Waals surface area (Å²) in [5.41, 5.74) is 0. The predicted molar refractivity (Wildman–Crippen MR) is 64.2 cm³/mol. The minimum Gasteiger partial charge on any atom is -0.465 e. The molecule has 1 aliphatic carbocycles. The van der Waals surface area contributed by atoms with Crippen LogP contribution in [-0.4, -0.2) is 66.4 Å². The van der Waals surface area contributed by atoms with E-state index >= 15 is 0 Å². The monoisotopic (exact) mass is 242 g/mol. The molecule has 2 fully saturated rings. The van der Waals surface area contributed by atoms with Gasteiger partial charge in [0.2, 0.25) is 0 Å². The van der Waals surface area contributed by atoms with Gasteiger partial charge in [0.25, 0.3) is 0 Å². The highest BCUT2D eigenvalue weighted by atomic mass is 16.5. The Kier molecular flexibility index (Phi) is 4.23. The van der Waals surface area contributed by atoms with E-state index in [-0.39, 0.29) is 6.10 Å². The van der Waals surface area contributed by atoms with Crippen molar-refractivity contribution < 1.29 is 14.6 Å². The topological polar surface area (TPSA) is 53.0 Å². The molecular weight excluding hydrogens is 220 g/mol. The Morgan fingerprint density at radius 3 is 2.53 bits per heavy atom. The van der Waals surface area contributed by atoms with Crippen molar-refractivity contribution in [2.75, 3.05) is 39.3 Å². The smallest absolute Gasteiger partial charge is 0.407 e. The lowest BCUT2D eigenvalue weighted by atomic mass is 10.3. The second kappa shape index (κ2) is 5.69. The van der Waals surface area contributed by atoms with Crippen molar-refractivity contribution in [1.82, 2.24) is 9.80 Å². The van der Waals surface area contributed by atoms with Crippen LogP contribution in [-0.2, 0) is 4.74 Å². The first-order valence-corrected chi connectivity index (χ1v) is 6.47. The molecule has 1 saturated heterocycles. The van der Waals surface area contributed by atoms with Crippen LogP contribution in [0.3, 0.4) is 0 Å². The summed E-state index contributed by atoms with van der Waals surface area (Å²) in [7, 11) is 0. The van der Waals surface area contributed by atoms with Crippen LogP contribution in [0, 0.1) is 5.92 Å². The van der Waals surface area contributed by atoms with Gasteiger partial charge in [-0.25, -0.2) is 4.79 Å². The van der Waals surface area contributed by atoms with E-state index in [0.717, 1.165) is 32.2 Å². The molecule has 1 amide bonds. The van der Waals surface area contributed by atoms with Gasteiger partial charge in [0.15, 0.2) is 0 Å². The van der Waals surface area contributed by atoms with Gasteiger partial charge in [-0.1, -0.05) is 0 Å². The van der Waals surface area contributed by atoms with Crippen LogP contribution in [0.1, 0.15) is 19.8 Å². The van der Waals surface area contributed by atoms with Crippen molar-refractivity contribution in [2.45, 2.75) is 25.9 Å². The molecule has 98 valence electrons. The number of piperazine rings is 1. The molecule has 0 aromatic carbocycles. The average Bonchev–Trinajstić information content (AvgIpc) is 3.11. The first kappa shape index (κ1) is 12.6. The number of hydrogen-bond acceptors (Lipinski definition) is 3. The van der Waals surface area contributed by atoms with E-state index in [2.05, 4.69) is 11.8 Å². The van der Waals surface area contributed by atoms with E-state index in [0.29, 0.717) is 13.1 Å². The lowest BCUT2D eigenvalue weighted by Crippen LogP contribution is -2.50. The Morgan fingerprint density at radius 2 is 2.00 bits per heavy atom. The van der Waals surface area contributed by atoms with Gasteiger partial charge in [0.1, 0.15) is 0 Å². The molecule has 1 unspecified atom stereocenters. The van der Waals surface area contributed by atoms with Crippen LogP contribution in [0.2, 0.25) is 0 Å². The normalized spacial score (nSPS) is 23.7. The van der Waals surface area contributed by atoms with Gasteiger partial charge in [-0.15, -0.1) is 0 Å². The van der Waals surface area contributed by atoms with Gasteiger partial charge in [-0.05, 0) is 25.7 Å². The summed E-state index contributed by atoms with van der Waals surface area (Å²) in [5, 5.41) is 8.84. The highest BCUT2D eigenvalue weighted by Crippen LogP contribution is 2.29. The number of rotatable bonds is 5. The molecule has 1 aliphatic heterocycles. The third-order valence-corrected chi connectivity index (χ3v) is 3.47. The third-order valence-electron chi connectivity index (χ3n) is 3.47. The van der Waals surface area contributed by atoms with E-state index in [4.69, 9.17) is 9.84 Å². The minimum atomic E-state index is -0.803. The van der Waals surface area contributed by atoms with Gasteiger partial charge in [-0.3, -0.25) is 4.90 Å². The van der Waals surface area contributed by atoms with Gasteiger partial charge in [-0.2, -0.15) is 0 Å². The molecule has 0 aromatic rings. The maximum Gasteiger partial charge on any atom is 0.407 e. The molecule has 0 radical (unpaired) electrons. The number of nitrogens with zero attached hydrogens (tertiary/aromatic N) is 2. The highest BCUT2D eigenvalue weighted by molar-refractivity contribution is 5.65. The van der Waals surface area contributed by atoms with Crippen LogP contribution in [0.5, 0.6) is 0 Å². The SMILES string of the molecule is CC(CN1CCN(C(=O)O)CC1)OCC1CC1. The largest absolute Gasteiger partial charge is 0.465 e. The summed E-state index contributed by atoms with van der Waals surface area (Å²) < 4.78 is 5.77. The maximum absolute atomic E-state index is 10.8. The summed E-state index contributed by atoms with van der Waals surface area (Å²) in [6.07, 6.45) is 2.10. The molecule has 1 atom stereocenters. The Hall–Kier alpha value is -0.810. The van der Waals surface area contributed by atoms with Crippen LogP contribution in [0.4, 0.5) is 4.79 Å². The van der Waals surface area contributed by atoms with Crippen molar-refractivity contribution >= 4 is 6.09 Å². The molecule has 0 spiro atoms. The average molecular weight is 242 g/mol. The number of amides is 1. The Bertz CT molecular complexity index is 260. The fourth-order valence-corrected chi connectivity index (χ4v) is 2.12. The van der Waals surface area contributed by atoms with E-state index in [1.54, 1.807) is 0 Å². The van der Waals surface area contributed by atoms with Crippen molar-refractivity contribution in [2.24, 2.45) is 5.92 Å². The minimum absolute atomic E-state index is 0.256. The zero-order valence-electron chi connectivity index (χ0n) is 10.5. The van der Waals surface area contributed by atoms with Gasteiger partial charge in [0, 0.05) is 39.3 Å². The summed E-state index contributed by atoms with van der Waals surface area (Å²) in [6.45, 7) is 6.80. The van der Waals surface area contributed by atoms with Crippen molar-refractivity contribution in [1.29, 1.82) is 0 Å². The second-order valence-corrected chi connectivity index (χ2v) is 5.16. The lowest BCUT2D eigenvalue weighted by molar-refractivity contribution is 0.0199. The molecule has 1 heterocycles. The molecule has 5 nitrogen and oxygen atoms in total. The fraction of sp³-hybridized carbons (Fsp3) is 0.917. The van der Waals surface area contributed by atoms with E-state index in [1.165, 1.54) is 17.7 Å². The molecule has 0 aromatic heterocycles. The lowest BCUT2D eigenvalue weighted by Gasteiger charge is -2.34. The molecule has 0 bridgehead atoms. The standard InChI is InChI=1S/C12H22N2O3/c1-10(17-9-11-2-3-11)8-13-4-6-14(7-5-13)12(15)16/h10-11H,2-9H2,1H3,(H,15,16). The molecule has 1 N–H and O–H groups in total. The van der Waals surface area contributed by atoms with Crippen LogP contribution in [0.25, 0.3) is 0 Å². The van der Waals surface area contributed by atoms with Crippen molar-refractivity contribution in [3.8, 4) is 0 Å². The van der Waals surface area contributed by atoms with Crippen molar-refractivity contribution in [3.63, 3.8) is 0 Å². The first-order valence-electron chi connectivity index (χ1n) is 6.47. The molecule has 5 heteroatoms. The molecular formula is C12H22N2O3. The van der Waals surface area contributed by atoms with Crippen LogP contribution < -0.4 is 0 Å². The van der Waals surface area contributed by atoms with Gasteiger partial charge in [0.05, 0.1) is 6.10 Å².